The van der Waals surface area contributed by atoms with Gasteiger partial charge in [0.2, 0.25) is 5.91 Å². The second-order valence-electron chi connectivity index (χ2n) is 3.45. The van der Waals surface area contributed by atoms with Gasteiger partial charge >= 0.3 is 0 Å². The zero-order chi connectivity index (χ0) is 10.6. The number of carbonyl (C=O) groups excluding carboxylic acids is 1. The summed E-state index contributed by atoms with van der Waals surface area (Å²) in [5, 5.41) is 0. The van der Waals surface area contributed by atoms with Gasteiger partial charge in [0, 0.05) is 11.4 Å². The van der Waals surface area contributed by atoms with Crippen LogP contribution in [0.25, 0.3) is 0 Å². The molecule has 0 unspecified atom stereocenters. The molecule has 0 atom stereocenters. The number of pyridine rings is 1. The topological polar surface area (TPSA) is 56.0 Å². The van der Waals surface area contributed by atoms with Crippen molar-refractivity contribution in [2.24, 2.45) is 5.73 Å². The quantitative estimate of drug-likeness (QED) is 0.783. The van der Waals surface area contributed by atoms with Crippen molar-refractivity contribution in [1.29, 1.82) is 0 Å². The lowest BCUT2D eigenvalue weighted by Crippen LogP contribution is -2.15. The molecule has 1 amide bonds. The molecule has 0 aliphatic carbocycles. The minimum atomic E-state index is -0.298. The third-order valence-electron chi connectivity index (χ3n) is 2.06. The minimum Gasteiger partial charge on any atom is -0.369 e. The van der Waals surface area contributed by atoms with Crippen LogP contribution < -0.4 is 5.73 Å². The second kappa shape index (κ2) is 4.74. The Hall–Kier alpha value is -1.38. The van der Waals surface area contributed by atoms with Crippen LogP contribution in [0.15, 0.2) is 12.1 Å². The number of hydrogen-bond acceptors (Lipinski definition) is 2. The number of primary amides is 1. The Kier molecular flexibility index (Phi) is 3.63. The van der Waals surface area contributed by atoms with E-state index in [0.29, 0.717) is 6.42 Å². The van der Waals surface area contributed by atoms with Gasteiger partial charge in [-0.3, -0.25) is 9.78 Å². The van der Waals surface area contributed by atoms with Crippen LogP contribution in [0.4, 0.5) is 0 Å². The third kappa shape index (κ3) is 2.83. The molecule has 0 fully saturated rings. The molecule has 0 aliphatic rings. The van der Waals surface area contributed by atoms with E-state index in [1.807, 2.05) is 19.1 Å². The molecule has 1 rings (SSSR count). The van der Waals surface area contributed by atoms with Gasteiger partial charge in [-0.05, 0) is 25.0 Å². The molecule has 3 nitrogen and oxygen atoms in total. The molecule has 1 heterocycles. The fourth-order valence-corrected chi connectivity index (χ4v) is 1.44. The Labute approximate surface area is 84.3 Å². The highest BCUT2D eigenvalue weighted by Crippen LogP contribution is 2.10. The number of nitrogens with two attached hydrogens (primary N) is 1. The molecule has 0 spiro atoms. The Morgan fingerprint density at radius 3 is 2.79 bits per heavy atom. The number of nitrogens with zero attached hydrogens (tertiary/aromatic N) is 1. The van der Waals surface area contributed by atoms with Crippen LogP contribution in [0.5, 0.6) is 0 Å². The first-order valence-electron chi connectivity index (χ1n) is 4.87. The number of amides is 1. The van der Waals surface area contributed by atoms with Gasteiger partial charge in [0.1, 0.15) is 0 Å². The lowest BCUT2D eigenvalue weighted by Gasteiger charge is -2.06. The summed E-state index contributed by atoms with van der Waals surface area (Å²) in [7, 11) is 0. The number of carbonyl (C=O) groups is 1. The zero-order valence-electron chi connectivity index (χ0n) is 8.71. The van der Waals surface area contributed by atoms with Crippen molar-refractivity contribution >= 4 is 5.91 Å². The van der Waals surface area contributed by atoms with Crippen LogP contribution in [-0.4, -0.2) is 10.9 Å². The number of hydrogen-bond donors (Lipinski definition) is 1. The van der Waals surface area contributed by atoms with E-state index in [9.17, 15) is 4.79 Å². The van der Waals surface area contributed by atoms with E-state index >= 15 is 0 Å². The van der Waals surface area contributed by atoms with Crippen molar-refractivity contribution in [2.45, 2.75) is 33.1 Å². The number of aromatic nitrogens is 1. The summed E-state index contributed by atoms with van der Waals surface area (Å²) in [6, 6.07) is 3.86. The van der Waals surface area contributed by atoms with Crippen LogP contribution in [0.2, 0.25) is 0 Å². The largest absolute Gasteiger partial charge is 0.369 e. The SMILES string of the molecule is CCCc1nc(C)ccc1CC(N)=O. The second-order valence-corrected chi connectivity index (χ2v) is 3.45. The van der Waals surface area contributed by atoms with E-state index in [1.54, 1.807) is 0 Å². The summed E-state index contributed by atoms with van der Waals surface area (Å²) >= 11 is 0. The summed E-state index contributed by atoms with van der Waals surface area (Å²) in [5.41, 5.74) is 8.12. The summed E-state index contributed by atoms with van der Waals surface area (Å²) in [6.07, 6.45) is 2.23. The predicted molar refractivity (Wildman–Crippen MR) is 55.9 cm³/mol. The monoisotopic (exact) mass is 192 g/mol. The smallest absolute Gasteiger partial charge is 0.221 e. The predicted octanol–water partition coefficient (Wildman–Crippen LogP) is 1.37. The molecule has 76 valence electrons. The van der Waals surface area contributed by atoms with Gasteiger partial charge < -0.3 is 5.73 Å². The molecule has 0 aliphatic heterocycles. The van der Waals surface area contributed by atoms with Gasteiger partial charge in [0.15, 0.2) is 0 Å². The number of rotatable bonds is 4. The van der Waals surface area contributed by atoms with Crippen LogP contribution in [0, 0.1) is 6.92 Å². The molecule has 0 radical (unpaired) electrons. The average molecular weight is 192 g/mol. The van der Waals surface area contributed by atoms with E-state index in [1.165, 1.54) is 0 Å². The first-order valence-corrected chi connectivity index (χ1v) is 4.87. The van der Waals surface area contributed by atoms with Crippen molar-refractivity contribution in [3.63, 3.8) is 0 Å². The van der Waals surface area contributed by atoms with Crippen molar-refractivity contribution in [3.8, 4) is 0 Å². The van der Waals surface area contributed by atoms with E-state index in [2.05, 4.69) is 11.9 Å². The first-order chi connectivity index (χ1) is 6.63. The zero-order valence-corrected chi connectivity index (χ0v) is 8.71. The fraction of sp³-hybridized carbons (Fsp3) is 0.455. The molecule has 0 saturated heterocycles. The highest BCUT2D eigenvalue weighted by molar-refractivity contribution is 5.76. The lowest BCUT2D eigenvalue weighted by molar-refractivity contribution is -0.117. The Balaban J connectivity index is 2.95. The molecule has 0 bridgehead atoms. The van der Waals surface area contributed by atoms with Crippen molar-refractivity contribution < 1.29 is 4.79 Å². The maximum Gasteiger partial charge on any atom is 0.221 e. The molecule has 1 aromatic rings. The lowest BCUT2D eigenvalue weighted by atomic mass is 10.1. The van der Waals surface area contributed by atoms with Crippen LogP contribution >= 0.6 is 0 Å². The molecule has 0 saturated carbocycles. The molecule has 0 aromatic carbocycles. The van der Waals surface area contributed by atoms with Crippen LogP contribution in [-0.2, 0) is 17.6 Å². The van der Waals surface area contributed by atoms with E-state index in [4.69, 9.17) is 5.73 Å². The summed E-state index contributed by atoms with van der Waals surface area (Å²) < 4.78 is 0. The first kappa shape index (κ1) is 10.7. The minimum absolute atomic E-state index is 0.294. The van der Waals surface area contributed by atoms with Crippen LogP contribution in [0.1, 0.15) is 30.3 Å². The van der Waals surface area contributed by atoms with Gasteiger partial charge in [-0.25, -0.2) is 0 Å². The third-order valence-corrected chi connectivity index (χ3v) is 2.06. The van der Waals surface area contributed by atoms with E-state index in [-0.39, 0.29) is 5.91 Å². The standard InChI is InChI=1S/C11H16N2O/c1-3-4-10-9(7-11(12)14)6-5-8(2)13-10/h5-6H,3-4,7H2,1-2H3,(H2,12,14). The van der Waals surface area contributed by atoms with Gasteiger partial charge in [0.05, 0.1) is 6.42 Å². The summed E-state index contributed by atoms with van der Waals surface area (Å²) in [4.78, 5) is 15.2. The maximum absolute atomic E-state index is 10.8. The van der Waals surface area contributed by atoms with Gasteiger partial charge in [-0.2, -0.15) is 0 Å². The summed E-state index contributed by atoms with van der Waals surface area (Å²) in [6.45, 7) is 4.05. The highest BCUT2D eigenvalue weighted by Gasteiger charge is 2.06. The highest BCUT2D eigenvalue weighted by atomic mass is 16.1. The molecule has 2 N–H and O–H groups in total. The van der Waals surface area contributed by atoms with Crippen molar-refractivity contribution in [1.82, 2.24) is 4.98 Å². The maximum atomic E-state index is 10.8. The fourth-order valence-electron chi connectivity index (χ4n) is 1.44. The molecule has 14 heavy (non-hydrogen) atoms. The van der Waals surface area contributed by atoms with E-state index in [0.717, 1.165) is 29.8 Å². The normalized spacial score (nSPS) is 10.1. The van der Waals surface area contributed by atoms with Gasteiger partial charge in [0.25, 0.3) is 0 Å². The molecular weight excluding hydrogens is 176 g/mol. The summed E-state index contributed by atoms with van der Waals surface area (Å²) in [5.74, 6) is -0.298. The Morgan fingerprint density at radius 2 is 2.21 bits per heavy atom. The van der Waals surface area contributed by atoms with Crippen molar-refractivity contribution in [2.75, 3.05) is 0 Å². The average Bonchev–Trinajstić information content (AvgIpc) is 2.09. The van der Waals surface area contributed by atoms with E-state index < -0.39 is 0 Å². The Morgan fingerprint density at radius 1 is 1.50 bits per heavy atom. The molecule has 1 aromatic heterocycles. The Bertz CT molecular complexity index is 334. The molecule has 3 heteroatoms. The molecular formula is C11H16N2O. The number of aryl methyl sites for hydroxylation is 2. The van der Waals surface area contributed by atoms with Crippen LogP contribution in [0.3, 0.4) is 0 Å². The van der Waals surface area contributed by atoms with Gasteiger partial charge in [-0.1, -0.05) is 19.4 Å². The van der Waals surface area contributed by atoms with Crippen molar-refractivity contribution in [3.05, 3.63) is 29.1 Å². The van der Waals surface area contributed by atoms with Gasteiger partial charge in [-0.15, -0.1) is 0 Å².